The molecule has 0 spiro atoms. The monoisotopic (exact) mass is 779 g/mol. The average Bonchev–Trinajstić information content (AvgIpc) is 3.49. The molecule has 4 fully saturated rings. The molecule has 2 aliphatic carbocycles. The normalized spacial score (nSPS) is 29.7. The van der Waals surface area contributed by atoms with E-state index < -0.39 is 110 Å². The van der Waals surface area contributed by atoms with Gasteiger partial charge in [0.15, 0.2) is 44.6 Å². The highest BCUT2D eigenvalue weighted by Gasteiger charge is 2.77. The standard InChI is InChI=1S/C36H25Cl2F6N3O6/c37-35-14-20-18(6-7-19-23(20)32(50)46(31(19)49)17-4-2-16(3-5-17)45-9-11-53-12-10-45)24(15-1-8-22(48)21(39)13-15)36(35,38)34(52)47(33(35)51)30-28(43)26(41)25(40)27(42)29(30)44/h1-6,8,13,19-20,23-24,48H,7,9-12,14H2/t19-,20+,23-,24-,35+,36-/m0/s1. The third-order valence-electron chi connectivity index (χ3n) is 11.0. The first kappa shape index (κ1) is 35.4. The molecule has 0 aromatic heterocycles. The summed E-state index contributed by atoms with van der Waals surface area (Å²) in [5, 5.41) is 9.95. The Morgan fingerprint density at radius 2 is 1.34 bits per heavy atom. The molecule has 1 N–H and O–H groups in total. The lowest BCUT2D eigenvalue weighted by Gasteiger charge is -2.50. The van der Waals surface area contributed by atoms with Crippen molar-refractivity contribution in [3.8, 4) is 5.75 Å². The van der Waals surface area contributed by atoms with E-state index in [2.05, 4.69) is 4.90 Å². The Labute approximate surface area is 306 Å². The molecule has 1 saturated carbocycles. The number of fused-ring (bicyclic) bond motifs is 4. The number of ether oxygens (including phenoxy) is 1. The number of imide groups is 2. The molecule has 3 aromatic rings. The summed E-state index contributed by atoms with van der Waals surface area (Å²) in [6.45, 7) is 2.33. The van der Waals surface area contributed by atoms with Gasteiger partial charge in [0.1, 0.15) is 5.69 Å². The molecule has 0 unspecified atom stereocenters. The van der Waals surface area contributed by atoms with Gasteiger partial charge in [-0.2, -0.15) is 0 Å². The second kappa shape index (κ2) is 12.2. The fraction of sp³-hybridized carbons (Fsp3) is 0.333. The third-order valence-corrected chi connectivity index (χ3v) is 12.4. The number of carbonyl (C=O) groups is 4. The minimum absolute atomic E-state index is 0.0910. The number of halogens is 8. The predicted molar refractivity (Wildman–Crippen MR) is 176 cm³/mol. The molecule has 17 heteroatoms. The number of amides is 4. The van der Waals surface area contributed by atoms with Gasteiger partial charge < -0.3 is 14.7 Å². The van der Waals surface area contributed by atoms with Crippen LogP contribution in [0.4, 0.5) is 43.4 Å². The fourth-order valence-electron chi connectivity index (χ4n) is 8.53. The van der Waals surface area contributed by atoms with Crippen molar-refractivity contribution in [3.05, 3.63) is 94.6 Å². The second-order valence-electron chi connectivity index (χ2n) is 13.5. The maximum Gasteiger partial charge on any atom is 0.258 e. The largest absolute Gasteiger partial charge is 0.505 e. The van der Waals surface area contributed by atoms with Gasteiger partial charge in [-0.1, -0.05) is 17.7 Å². The third kappa shape index (κ3) is 4.75. The molecule has 6 atom stereocenters. The molecule has 5 aliphatic rings. The van der Waals surface area contributed by atoms with Crippen LogP contribution in [-0.4, -0.2) is 64.8 Å². The van der Waals surface area contributed by atoms with E-state index in [0.717, 1.165) is 28.8 Å². The Morgan fingerprint density at radius 3 is 1.96 bits per heavy atom. The number of aromatic hydroxyl groups is 1. The first-order valence-corrected chi connectivity index (χ1v) is 17.2. The van der Waals surface area contributed by atoms with Gasteiger partial charge >= 0.3 is 0 Å². The molecule has 3 heterocycles. The van der Waals surface area contributed by atoms with Crippen LogP contribution in [0.2, 0.25) is 0 Å². The first-order chi connectivity index (χ1) is 25.1. The van der Waals surface area contributed by atoms with E-state index in [1.165, 1.54) is 6.08 Å². The highest BCUT2D eigenvalue weighted by Crippen LogP contribution is 2.66. The number of hydrogen-bond donors (Lipinski definition) is 1. The van der Waals surface area contributed by atoms with Crippen molar-refractivity contribution in [2.45, 2.75) is 28.5 Å². The number of rotatable bonds is 4. The van der Waals surface area contributed by atoms with E-state index in [4.69, 9.17) is 27.9 Å². The number of carbonyl (C=O) groups excluding carboxylic acids is 4. The zero-order valence-corrected chi connectivity index (χ0v) is 28.5. The van der Waals surface area contributed by atoms with Crippen LogP contribution in [0.15, 0.2) is 54.1 Å². The van der Waals surface area contributed by atoms with Gasteiger partial charge in [0.2, 0.25) is 17.6 Å². The van der Waals surface area contributed by atoms with Crippen LogP contribution in [0.25, 0.3) is 0 Å². The molecular formula is C36H25Cl2F6N3O6. The molecule has 3 aromatic carbocycles. The van der Waals surface area contributed by atoms with Crippen molar-refractivity contribution in [1.82, 2.24) is 0 Å². The Balaban J connectivity index is 1.24. The van der Waals surface area contributed by atoms with Crippen LogP contribution < -0.4 is 14.7 Å². The number of anilines is 3. The number of morpholine rings is 1. The van der Waals surface area contributed by atoms with Gasteiger partial charge in [-0.15, -0.1) is 23.2 Å². The fourth-order valence-corrected chi connectivity index (χ4v) is 9.47. The van der Waals surface area contributed by atoms with Gasteiger partial charge in [0, 0.05) is 24.7 Å². The molecular weight excluding hydrogens is 755 g/mol. The first-order valence-electron chi connectivity index (χ1n) is 16.4. The van der Waals surface area contributed by atoms with Gasteiger partial charge in [-0.3, -0.25) is 24.1 Å². The molecule has 3 aliphatic heterocycles. The van der Waals surface area contributed by atoms with E-state index in [9.17, 15) is 41.8 Å². The lowest BCUT2D eigenvalue weighted by molar-refractivity contribution is -0.125. The van der Waals surface area contributed by atoms with Crippen LogP contribution >= 0.6 is 23.2 Å². The Kier molecular flexibility index (Phi) is 8.17. The van der Waals surface area contributed by atoms with Crippen molar-refractivity contribution >= 4 is 63.9 Å². The molecule has 3 saturated heterocycles. The summed E-state index contributed by atoms with van der Waals surface area (Å²) in [5.41, 5.74) is -0.872. The van der Waals surface area contributed by atoms with Gasteiger partial charge in [-0.25, -0.2) is 31.2 Å². The number of alkyl halides is 2. The highest BCUT2D eigenvalue weighted by atomic mass is 35.5. The van der Waals surface area contributed by atoms with E-state index in [1.54, 1.807) is 24.3 Å². The Morgan fingerprint density at radius 1 is 0.736 bits per heavy atom. The number of benzene rings is 3. The van der Waals surface area contributed by atoms with Crippen molar-refractivity contribution < 1.29 is 55.4 Å². The molecule has 0 radical (unpaired) electrons. The summed E-state index contributed by atoms with van der Waals surface area (Å²) < 4.78 is 93.6. The summed E-state index contributed by atoms with van der Waals surface area (Å²) >= 11 is 14.1. The lowest BCUT2D eigenvalue weighted by Crippen LogP contribution is -2.60. The van der Waals surface area contributed by atoms with E-state index in [-0.39, 0.29) is 28.1 Å². The van der Waals surface area contributed by atoms with Crippen molar-refractivity contribution in [1.29, 1.82) is 0 Å². The topological polar surface area (TPSA) is 107 Å². The van der Waals surface area contributed by atoms with E-state index in [0.29, 0.717) is 26.3 Å². The van der Waals surface area contributed by atoms with E-state index >= 15 is 8.78 Å². The molecule has 8 rings (SSSR count). The molecule has 9 nitrogen and oxygen atoms in total. The summed E-state index contributed by atoms with van der Waals surface area (Å²) in [6.07, 6.45) is 0.699. The molecule has 0 bridgehead atoms. The maximum atomic E-state index is 15.2. The van der Waals surface area contributed by atoms with Gasteiger partial charge in [0.05, 0.1) is 30.7 Å². The van der Waals surface area contributed by atoms with Gasteiger partial charge in [-0.05, 0) is 60.7 Å². The van der Waals surface area contributed by atoms with Crippen molar-refractivity contribution in [2.75, 3.05) is 41.0 Å². The minimum atomic E-state index is -2.81. The summed E-state index contributed by atoms with van der Waals surface area (Å²) in [5.74, 6) is -24.2. The summed E-state index contributed by atoms with van der Waals surface area (Å²) in [6, 6.07) is 9.52. The number of phenols is 1. The molecule has 276 valence electrons. The SMILES string of the molecule is O=C1[C@H]2[C@H](CC=C3[C@H]2C[C@@]2(Cl)C(=O)N(c4c(F)c(F)c(F)c(F)c4F)C(=O)[C@@]2(Cl)[C@H]3c2ccc(O)c(F)c2)C(=O)N1c1ccc(N2CCOCC2)cc1. The second-order valence-corrected chi connectivity index (χ2v) is 14.8. The van der Waals surface area contributed by atoms with Crippen LogP contribution in [0.3, 0.4) is 0 Å². The van der Waals surface area contributed by atoms with Crippen LogP contribution in [0, 0.1) is 52.7 Å². The Hall–Kier alpha value is -4.60. The number of allylic oxidation sites excluding steroid dienone is 2. The number of hydrogen-bond acceptors (Lipinski definition) is 7. The minimum Gasteiger partial charge on any atom is -0.505 e. The number of nitrogens with zero attached hydrogens (tertiary/aromatic N) is 3. The van der Waals surface area contributed by atoms with Crippen LogP contribution in [0.5, 0.6) is 5.75 Å². The highest BCUT2D eigenvalue weighted by molar-refractivity contribution is 6.58. The lowest BCUT2D eigenvalue weighted by atomic mass is 9.56. The quantitative estimate of drug-likeness (QED) is 0.0888. The molecule has 4 amide bonds. The van der Waals surface area contributed by atoms with Crippen molar-refractivity contribution in [2.24, 2.45) is 17.8 Å². The zero-order chi connectivity index (χ0) is 37.9. The molecule has 53 heavy (non-hydrogen) atoms. The summed E-state index contributed by atoms with van der Waals surface area (Å²) in [4.78, 5) is 54.0. The van der Waals surface area contributed by atoms with Crippen LogP contribution in [0.1, 0.15) is 24.3 Å². The average molecular weight is 781 g/mol. The van der Waals surface area contributed by atoms with Gasteiger partial charge in [0.25, 0.3) is 11.8 Å². The van der Waals surface area contributed by atoms with Crippen LogP contribution in [-0.2, 0) is 23.9 Å². The number of phenolic OH excluding ortho intramolecular Hbond substituents is 1. The van der Waals surface area contributed by atoms with E-state index in [1.807, 2.05) is 0 Å². The van der Waals surface area contributed by atoms with Crippen molar-refractivity contribution in [3.63, 3.8) is 0 Å². The zero-order valence-electron chi connectivity index (χ0n) is 27.0. The maximum absolute atomic E-state index is 15.2. The predicted octanol–water partition coefficient (Wildman–Crippen LogP) is 5.83. The summed E-state index contributed by atoms with van der Waals surface area (Å²) in [7, 11) is 0. The Bertz CT molecular complexity index is 2160. The smallest absolute Gasteiger partial charge is 0.258 e.